The van der Waals surface area contributed by atoms with E-state index in [1.807, 2.05) is 18.2 Å². The first-order valence-corrected chi connectivity index (χ1v) is 22.3. The standard InChI is InChI=1S/C25H23F3N2O2S.C22H17ClF3NO2S/c26-25(27,28)24-21(16-4-2-1-3-5-16)13-20(33-24)15-32-19-8-9-22-17(12-19)10-11-30(22)23(31)14-29-18-6-7-18;23-12-20(28)27-9-8-15-10-16(6-7-19(15)27)29-13-17-11-18(14-4-2-1-3-5-14)21(30-17)22(24,25)26/h1-5,8-9,12-13,18,29H,6-7,10-11,14-15H2;1-7,10-11H,8-9,12-13H2. The smallest absolute Gasteiger partial charge is 0.426 e. The zero-order valence-corrected chi connectivity index (χ0v) is 35.9. The molecular formula is C47H40ClF6N3O4S2. The fourth-order valence-corrected chi connectivity index (χ4v) is 9.62. The van der Waals surface area contributed by atoms with Crippen LogP contribution < -0.4 is 24.6 Å². The maximum Gasteiger partial charge on any atom is 0.426 e. The fourth-order valence-electron chi connectivity index (χ4n) is 7.56. The molecule has 16 heteroatoms. The summed E-state index contributed by atoms with van der Waals surface area (Å²) in [4.78, 5) is 27.6. The van der Waals surface area contributed by atoms with E-state index in [0.29, 0.717) is 87.2 Å². The zero-order chi connectivity index (χ0) is 44.3. The SMILES string of the molecule is O=C(CCl)N1CCc2cc(OCc3cc(-c4ccccc4)c(C(F)(F)F)s3)ccc21.O=C(CNC1CC1)N1CCc2cc(OCc3cc(-c4ccccc4)c(C(F)(F)F)s3)ccc21. The van der Waals surface area contributed by atoms with Crippen LogP contribution in [0.4, 0.5) is 37.7 Å². The van der Waals surface area contributed by atoms with Gasteiger partial charge in [-0.1, -0.05) is 60.7 Å². The Balaban J connectivity index is 0.000000174. The highest BCUT2D eigenvalue weighted by molar-refractivity contribution is 7.13. The van der Waals surface area contributed by atoms with Crippen LogP contribution in [-0.2, 0) is 48.0 Å². The summed E-state index contributed by atoms with van der Waals surface area (Å²) in [6, 6.07) is 31.5. The van der Waals surface area contributed by atoms with E-state index in [9.17, 15) is 35.9 Å². The van der Waals surface area contributed by atoms with Crippen molar-refractivity contribution in [2.45, 2.75) is 57.3 Å². The quantitative estimate of drug-likeness (QED) is 0.0978. The second-order valence-electron chi connectivity index (χ2n) is 15.2. The summed E-state index contributed by atoms with van der Waals surface area (Å²) in [5.74, 6) is 0.956. The molecule has 2 aromatic heterocycles. The van der Waals surface area contributed by atoms with E-state index in [4.69, 9.17) is 21.1 Å². The summed E-state index contributed by atoms with van der Waals surface area (Å²) < 4.78 is 93.0. The molecule has 4 heterocycles. The van der Waals surface area contributed by atoms with Crippen molar-refractivity contribution < 1.29 is 45.4 Å². The molecule has 1 aliphatic carbocycles. The molecule has 1 saturated carbocycles. The van der Waals surface area contributed by atoms with Crippen LogP contribution >= 0.6 is 34.3 Å². The van der Waals surface area contributed by atoms with Gasteiger partial charge in [0.2, 0.25) is 11.8 Å². The lowest BCUT2D eigenvalue weighted by Gasteiger charge is -2.18. The molecule has 0 radical (unpaired) electrons. The molecule has 9 rings (SSSR count). The van der Waals surface area contributed by atoms with E-state index in [1.54, 1.807) is 94.7 Å². The van der Waals surface area contributed by atoms with Gasteiger partial charge in [-0.3, -0.25) is 9.59 Å². The highest BCUT2D eigenvalue weighted by Gasteiger charge is 2.38. The third-order valence-electron chi connectivity index (χ3n) is 10.7. The molecular weight excluding hydrogens is 884 g/mol. The van der Waals surface area contributed by atoms with E-state index >= 15 is 0 Å². The van der Waals surface area contributed by atoms with E-state index in [0.717, 1.165) is 41.8 Å². The summed E-state index contributed by atoms with van der Waals surface area (Å²) in [6.45, 7) is 1.61. The van der Waals surface area contributed by atoms with Gasteiger partial charge in [0.1, 0.15) is 40.3 Å². The number of amides is 2. The topological polar surface area (TPSA) is 71.1 Å². The molecule has 0 unspecified atom stereocenters. The summed E-state index contributed by atoms with van der Waals surface area (Å²) in [5.41, 5.74) is 5.05. The first-order chi connectivity index (χ1) is 30.2. The monoisotopic (exact) mass is 923 g/mol. The zero-order valence-electron chi connectivity index (χ0n) is 33.5. The van der Waals surface area contributed by atoms with Crippen LogP contribution in [0.25, 0.3) is 22.3 Å². The van der Waals surface area contributed by atoms with Gasteiger partial charge in [0.25, 0.3) is 0 Å². The molecule has 63 heavy (non-hydrogen) atoms. The van der Waals surface area contributed by atoms with Gasteiger partial charge in [-0.15, -0.1) is 34.3 Å². The number of ether oxygens (including phenoxy) is 2. The van der Waals surface area contributed by atoms with Crippen LogP contribution in [0.1, 0.15) is 43.5 Å². The number of rotatable bonds is 12. The second-order valence-corrected chi connectivity index (χ2v) is 17.7. The lowest BCUT2D eigenvalue weighted by molar-refractivity contribution is -0.134. The van der Waals surface area contributed by atoms with Crippen molar-refractivity contribution in [1.29, 1.82) is 0 Å². The maximum atomic E-state index is 13.6. The minimum atomic E-state index is -4.43. The number of benzene rings is 4. The van der Waals surface area contributed by atoms with Crippen molar-refractivity contribution in [3.05, 3.63) is 140 Å². The third-order valence-corrected chi connectivity index (χ3v) is 13.3. The molecule has 328 valence electrons. The number of nitrogens with one attached hydrogen (secondary N) is 1. The molecule has 0 spiro atoms. The van der Waals surface area contributed by atoms with Gasteiger partial charge < -0.3 is 24.6 Å². The van der Waals surface area contributed by atoms with Crippen LogP contribution in [0.15, 0.2) is 109 Å². The van der Waals surface area contributed by atoms with Crippen LogP contribution in [0.2, 0.25) is 0 Å². The Kier molecular flexibility index (Phi) is 13.2. The molecule has 0 atom stereocenters. The number of thiophene rings is 2. The number of nitrogens with zero attached hydrogens (tertiary/aromatic N) is 2. The van der Waals surface area contributed by atoms with E-state index < -0.39 is 22.1 Å². The maximum absolute atomic E-state index is 13.6. The molecule has 1 fully saturated rings. The molecule has 0 bridgehead atoms. The number of alkyl halides is 7. The Morgan fingerprint density at radius 3 is 1.49 bits per heavy atom. The minimum Gasteiger partial charge on any atom is -0.488 e. The Hall–Kier alpha value is -5.35. The Morgan fingerprint density at radius 1 is 0.635 bits per heavy atom. The largest absolute Gasteiger partial charge is 0.488 e. The number of carbonyl (C=O) groups is 2. The Bertz CT molecular complexity index is 2580. The van der Waals surface area contributed by atoms with Gasteiger partial charge in [-0.25, -0.2) is 0 Å². The predicted octanol–water partition coefficient (Wildman–Crippen LogP) is 11.8. The highest BCUT2D eigenvalue weighted by atomic mass is 35.5. The number of hydrogen-bond donors (Lipinski definition) is 1. The average Bonchev–Trinajstić information content (AvgIpc) is 3.62. The molecule has 1 N–H and O–H groups in total. The molecule has 7 nitrogen and oxygen atoms in total. The number of hydrogen-bond acceptors (Lipinski definition) is 7. The van der Waals surface area contributed by atoms with E-state index in [2.05, 4.69) is 5.32 Å². The minimum absolute atomic E-state index is 0.0314. The number of fused-ring (bicyclic) bond motifs is 2. The Labute approximate surface area is 372 Å². The lowest BCUT2D eigenvalue weighted by Crippen LogP contribution is -2.37. The Morgan fingerprint density at radius 2 is 1.08 bits per heavy atom. The molecule has 2 aliphatic heterocycles. The van der Waals surface area contributed by atoms with Crippen molar-refractivity contribution in [3.63, 3.8) is 0 Å². The van der Waals surface area contributed by atoms with E-state index in [1.165, 1.54) is 6.07 Å². The van der Waals surface area contributed by atoms with E-state index in [-0.39, 0.29) is 42.0 Å². The molecule has 0 saturated heterocycles. The van der Waals surface area contributed by atoms with Gasteiger partial charge in [0.15, 0.2) is 0 Å². The lowest BCUT2D eigenvalue weighted by atomic mass is 10.1. The van der Waals surface area contributed by atoms with Crippen LogP contribution in [0.5, 0.6) is 11.5 Å². The van der Waals surface area contributed by atoms with Gasteiger partial charge in [-0.05, 0) is 96.5 Å². The van der Waals surface area contributed by atoms with Crippen molar-refractivity contribution in [1.82, 2.24) is 5.32 Å². The van der Waals surface area contributed by atoms with Crippen LogP contribution in [0.3, 0.4) is 0 Å². The van der Waals surface area contributed by atoms with Crippen LogP contribution in [0, 0.1) is 0 Å². The summed E-state index contributed by atoms with van der Waals surface area (Å²) in [6.07, 6.45) is -5.17. The van der Waals surface area contributed by atoms with Crippen LogP contribution in [-0.4, -0.2) is 43.4 Å². The molecule has 4 aromatic carbocycles. The predicted molar refractivity (Wildman–Crippen MR) is 235 cm³/mol. The van der Waals surface area contributed by atoms with Gasteiger partial charge in [0, 0.05) is 51.4 Å². The summed E-state index contributed by atoms with van der Waals surface area (Å²) in [7, 11) is 0. The molecule has 3 aliphatic rings. The second kappa shape index (κ2) is 18.8. The van der Waals surface area contributed by atoms with Crippen molar-refractivity contribution >= 4 is 57.5 Å². The molecule has 6 aromatic rings. The first-order valence-electron chi connectivity index (χ1n) is 20.2. The third kappa shape index (κ3) is 10.5. The summed E-state index contributed by atoms with van der Waals surface area (Å²) >= 11 is 7.05. The van der Waals surface area contributed by atoms with Crippen molar-refractivity contribution in [2.24, 2.45) is 0 Å². The number of anilines is 2. The average molecular weight is 924 g/mol. The highest BCUT2D eigenvalue weighted by Crippen LogP contribution is 2.45. The van der Waals surface area contributed by atoms with Gasteiger partial charge >= 0.3 is 12.4 Å². The summed E-state index contributed by atoms with van der Waals surface area (Å²) in [5, 5.41) is 3.25. The van der Waals surface area contributed by atoms with Crippen molar-refractivity contribution in [2.75, 3.05) is 35.3 Å². The molecule has 2 amide bonds. The van der Waals surface area contributed by atoms with Gasteiger partial charge in [0.05, 0.1) is 6.54 Å². The number of halogens is 7. The first kappa shape index (κ1) is 44.3. The van der Waals surface area contributed by atoms with Gasteiger partial charge in [-0.2, -0.15) is 26.3 Å². The fraction of sp³-hybridized carbons (Fsp3) is 0.277. The number of carbonyl (C=O) groups excluding carboxylic acids is 2. The van der Waals surface area contributed by atoms with Crippen molar-refractivity contribution in [3.8, 4) is 33.8 Å². The normalized spacial score (nSPS) is 14.5.